The van der Waals surface area contributed by atoms with Crippen LogP contribution < -0.4 is 11.3 Å². The molecule has 0 amide bonds. The van der Waals surface area contributed by atoms with Crippen LogP contribution in [0.5, 0.6) is 0 Å². The molecule has 0 radical (unpaired) electrons. The summed E-state index contributed by atoms with van der Waals surface area (Å²) in [6.07, 6.45) is 1.82. The number of benzene rings is 1. The monoisotopic (exact) mass is 272 g/mol. The number of rotatable bonds is 4. The van der Waals surface area contributed by atoms with Crippen molar-refractivity contribution in [2.24, 2.45) is 11.8 Å². The van der Waals surface area contributed by atoms with Gasteiger partial charge in [-0.1, -0.05) is 12.1 Å². The van der Waals surface area contributed by atoms with E-state index in [2.05, 4.69) is 5.43 Å². The van der Waals surface area contributed by atoms with Gasteiger partial charge in [0.15, 0.2) is 0 Å². The second-order valence-electron chi connectivity index (χ2n) is 5.32. The average molecular weight is 272 g/mol. The third-order valence-corrected chi connectivity index (χ3v) is 3.78. The highest BCUT2D eigenvalue weighted by molar-refractivity contribution is 5.19. The molecule has 0 saturated heterocycles. The molecular formula is C14H19F3N2. The molecule has 19 heavy (non-hydrogen) atoms. The Kier molecular flexibility index (Phi) is 4.47. The fourth-order valence-corrected chi connectivity index (χ4v) is 2.81. The zero-order chi connectivity index (χ0) is 13.9. The third kappa shape index (κ3) is 3.94. The first-order valence-electron chi connectivity index (χ1n) is 6.59. The molecule has 0 bridgehead atoms. The maximum atomic E-state index is 13.4. The van der Waals surface area contributed by atoms with Gasteiger partial charge in [-0.25, -0.2) is 13.2 Å². The van der Waals surface area contributed by atoms with Gasteiger partial charge in [-0.3, -0.25) is 11.3 Å². The summed E-state index contributed by atoms with van der Waals surface area (Å²) in [6.45, 7) is 0. The van der Waals surface area contributed by atoms with Crippen molar-refractivity contribution in [2.75, 3.05) is 0 Å². The molecule has 1 fully saturated rings. The maximum absolute atomic E-state index is 13.4. The molecule has 1 aliphatic rings. The lowest BCUT2D eigenvalue weighted by Gasteiger charge is -2.31. The van der Waals surface area contributed by atoms with E-state index in [0.717, 1.165) is 12.0 Å². The van der Waals surface area contributed by atoms with E-state index < -0.39 is 5.92 Å². The van der Waals surface area contributed by atoms with Crippen LogP contribution in [0.2, 0.25) is 0 Å². The Balaban J connectivity index is 2.01. The third-order valence-electron chi connectivity index (χ3n) is 3.78. The summed E-state index contributed by atoms with van der Waals surface area (Å²) >= 11 is 0. The summed E-state index contributed by atoms with van der Waals surface area (Å²) < 4.78 is 39.6. The predicted octanol–water partition coefficient (Wildman–Crippen LogP) is 3.55. The summed E-state index contributed by atoms with van der Waals surface area (Å²) in [5.74, 6) is 2.58. The van der Waals surface area contributed by atoms with Crippen molar-refractivity contribution >= 4 is 0 Å². The number of halogens is 3. The molecule has 1 saturated carbocycles. The molecule has 0 spiro atoms. The summed E-state index contributed by atoms with van der Waals surface area (Å²) in [5, 5.41) is 0. The van der Waals surface area contributed by atoms with Crippen LogP contribution in [0.15, 0.2) is 24.3 Å². The van der Waals surface area contributed by atoms with Crippen molar-refractivity contribution in [2.45, 2.75) is 44.1 Å². The number of hydrazine groups is 1. The fraction of sp³-hybridized carbons (Fsp3) is 0.571. The largest absolute Gasteiger partial charge is 0.271 e. The Morgan fingerprint density at radius 3 is 2.58 bits per heavy atom. The number of hydrogen-bond acceptors (Lipinski definition) is 2. The van der Waals surface area contributed by atoms with E-state index in [-0.39, 0.29) is 30.6 Å². The first-order chi connectivity index (χ1) is 9.00. The molecule has 5 heteroatoms. The number of hydrogen-bond donors (Lipinski definition) is 2. The second kappa shape index (κ2) is 5.92. The van der Waals surface area contributed by atoms with Gasteiger partial charge in [-0.15, -0.1) is 0 Å². The van der Waals surface area contributed by atoms with Gasteiger partial charge < -0.3 is 0 Å². The van der Waals surface area contributed by atoms with Crippen molar-refractivity contribution in [3.63, 3.8) is 0 Å². The molecule has 2 unspecified atom stereocenters. The van der Waals surface area contributed by atoms with Crippen molar-refractivity contribution in [1.82, 2.24) is 5.43 Å². The molecule has 1 aliphatic carbocycles. The van der Waals surface area contributed by atoms with Crippen LogP contribution in [0, 0.1) is 11.7 Å². The first kappa shape index (κ1) is 14.3. The number of alkyl halides is 2. The lowest BCUT2D eigenvalue weighted by molar-refractivity contribution is -0.0548. The van der Waals surface area contributed by atoms with E-state index in [1.807, 2.05) is 0 Å². The maximum Gasteiger partial charge on any atom is 0.248 e. The van der Waals surface area contributed by atoms with Gasteiger partial charge in [-0.2, -0.15) is 0 Å². The van der Waals surface area contributed by atoms with Crippen molar-refractivity contribution < 1.29 is 13.2 Å². The highest BCUT2D eigenvalue weighted by atomic mass is 19.3. The van der Waals surface area contributed by atoms with Crippen LogP contribution in [0.25, 0.3) is 0 Å². The zero-order valence-corrected chi connectivity index (χ0v) is 10.7. The molecule has 3 N–H and O–H groups in total. The molecule has 0 aromatic heterocycles. The number of nitrogens with one attached hydrogen (secondary N) is 1. The minimum atomic E-state index is -2.55. The molecule has 1 aromatic rings. The average Bonchev–Trinajstić information content (AvgIpc) is 2.36. The highest BCUT2D eigenvalue weighted by Gasteiger charge is 2.36. The molecule has 2 rings (SSSR count). The van der Waals surface area contributed by atoms with Crippen LogP contribution >= 0.6 is 0 Å². The zero-order valence-electron chi connectivity index (χ0n) is 10.7. The van der Waals surface area contributed by atoms with Gasteiger partial charge >= 0.3 is 0 Å². The van der Waals surface area contributed by atoms with E-state index in [4.69, 9.17) is 5.84 Å². The van der Waals surface area contributed by atoms with Crippen molar-refractivity contribution in [1.29, 1.82) is 0 Å². The standard InChI is InChI=1S/C14H19F3N2/c15-12-5-3-11(4-6-12)13(19-18)8-10-2-1-7-14(16,17)9-10/h3-6,10,13,19H,1-2,7-9,18H2. The van der Waals surface area contributed by atoms with E-state index in [0.29, 0.717) is 12.8 Å². The Labute approximate surface area is 111 Å². The summed E-state index contributed by atoms with van der Waals surface area (Å²) in [7, 11) is 0. The minimum absolute atomic E-state index is 0.0131. The van der Waals surface area contributed by atoms with Crippen LogP contribution in [-0.2, 0) is 0 Å². The first-order valence-corrected chi connectivity index (χ1v) is 6.59. The lowest BCUT2D eigenvalue weighted by Crippen LogP contribution is -2.33. The molecule has 0 heterocycles. The van der Waals surface area contributed by atoms with Gasteiger partial charge in [0.1, 0.15) is 5.82 Å². The topological polar surface area (TPSA) is 38.0 Å². The predicted molar refractivity (Wildman–Crippen MR) is 68.0 cm³/mol. The summed E-state index contributed by atoms with van der Waals surface area (Å²) in [6, 6.07) is 5.78. The molecule has 2 nitrogen and oxygen atoms in total. The van der Waals surface area contributed by atoms with Gasteiger partial charge in [-0.05, 0) is 42.9 Å². The number of nitrogens with two attached hydrogens (primary N) is 1. The Hall–Kier alpha value is -1.07. The Bertz CT molecular complexity index is 406. The minimum Gasteiger partial charge on any atom is -0.271 e. The van der Waals surface area contributed by atoms with E-state index in [9.17, 15) is 13.2 Å². The van der Waals surface area contributed by atoms with E-state index in [1.165, 1.54) is 12.1 Å². The van der Waals surface area contributed by atoms with Crippen LogP contribution in [0.4, 0.5) is 13.2 Å². The Morgan fingerprint density at radius 1 is 1.32 bits per heavy atom. The highest BCUT2D eigenvalue weighted by Crippen LogP contribution is 2.40. The Morgan fingerprint density at radius 2 is 2.00 bits per heavy atom. The molecule has 2 atom stereocenters. The van der Waals surface area contributed by atoms with Gasteiger partial charge in [0.2, 0.25) is 5.92 Å². The van der Waals surface area contributed by atoms with Crippen LogP contribution in [0.1, 0.15) is 43.7 Å². The quantitative estimate of drug-likeness (QED) is 0.650. The smallest absolute Gasteiger partial charge is 0.248 e. The van der Waals surface area contributed by atoms with Gasteiger partial charge in [0, 0.05) is 18.9 Å². The van der Waals surface area contributed by atoms with Gasteiger partial charge in [0.25, 0.3) is 0 Å². The normalized spacial score (nSPS) is 24.1. The SMILES string of the molecule is NNC(CC1CCCC(F)(F)C1)c1ccc(F)cc1. The molecule has 0 aliphatic heterocycles. The summed E-state index contributed by atoms with van der Waals surface area (Å²) in [4.78, 5) is 0. The van der Waals surface area contributed by atoms with Gasteiger partial charge in [0.05, 0.1) is 0 Å². The van der Waals surface area contributed by atoms with E-state index in [1.54, 1.807) is 12.1 Å². The van der Waals surface area contributed by atoms with Crippen LogP contribution in [0.3, 0.4) is 0 Å². The second-order valence-corrected chi connectivity index (χ2v) is 5.32. The molecule has 1 aromatic carbocycles. The fourth-order valence-electron chi connectivity index (χ4n) is 2.81. The molecular weight excluding hydrogens is 253 g/mol. The van der Waals surface area contributed by atoms with Crippen LogP contribution in [-0.4, -0.2) is 5.92 Å². The van der Waals surface area contributed by atoms with E-state index >= 15 is 0 Å². The molecule has 106 valence electrons. The van der Waals surface area contributed by atoms with Crippen molar-refractivity contribution in [3.8, 4) is 0 Å². The summed E-state index contributed by atoms with van der Waals surface area (Å²) in [5.41, 5.74) is 3.48. The lowest BCUT2D eigenvalue weighted by atomic mass is 9.81. The van der Waals surface area contributed by atoms with Crippen molar-refractivity contribution in [3.05, 3.63) is 35.6 Å².